The van der Waals surface area contributed by atoms with Crippen LogP contribution in [0.4, 0.5) is 0 Å². The molecular weight excluding hydrogens is 643 g/mol. The molecular formula is C50H31N3. The van der Waals surface area contributed by atoms with E-state index in [1.807, 2.05) is 54.6 Å². The summed E-state index contributed by atoms with van der Waals surface area (Å²) in [4.78, 5) is 10.1. The van der Waals surface area contributed by atoms with Crippen LogP contribution in [0.15, 0.2) is 188 Å². The maximum Gasteiger partial charge on any atom is 0.161 e. The maximum absolute atomic E-state index is 8.95. The van der Waals surface area contributed by atoms with Gasteiger partial charge in [0.15, 0.2) is 5.82 Å². The number of rotatable bonds is 4. The van der Waals surface area contributed by atoms with Gasteiger partial charge in [-0.15, -0.1) is 0 Å². The van der Waals surface area contributed by atoms with Crippen molar-refractivity contribution in [3.8, 4) is 39.5 Å². The number of nitrogens with zero attached hydrogens (tertiary/aromatic N) is 3. The highest BCUT2D eigenvalue weighted by Crippen LogP contribution is 2.42. The average Bonchev–Trinajstić information content (AvgIpc) is 3.63. The second kappa shape index (κ2) is 11.7. The van der Waals surface area contributed by atoms with E-state index in [9.17, 15) is 0 Å². The standard InChI is InChI=1S/C50H31N3/c1-3-13-32(14-4-1)37-23-25-42-44(30-37)51-50(52-49(42)34-16-5-2-6-17-34)41-26-28-45(40-22-12-11-21-39(40)41)53-46-27-24-33-15-9-10-20-38(33)48(46)43-29-35-18-7-8-19-36(35)31-47(43)53/h1-31H/i1D,2D,3D,4D,5D,6D,13D,14D,16D,17D. The normalized spacial score (nSPS) is 14.4. The van der Waals surface area contributed by atoms with E-state index in [2.05, 4.69) is 59.2 Å². The summed E-state index contributed by atoms with van der Waals surface area (Å²) in [5.41, 5.74) is 4.11. The van der Waals surface area contributed by atoms with Gasteiger partial charge in [0.1, 0.15) is 0 Å². The monoisotopic (exact) mass is 683 g/mol. The molecule has 2 aromatic heterocycles. The van der Waals surface area contributed by atoms with Gasteiger partial charge >= 0.3 is 0 Å². The van der Waals surface area contributed by atoms with Gasteiger partial charge in [0, 0.05) is 32.7 Å². The third kappa shape index (κ3) is 4.68. The molecule has 0 saturated heterocycles. The Bertz CT molecular complexity index is 3770. The van der Waals surface area contributed by atoms with Gasteiger partial charge in [-0.1, -0.05) is 145 Å². The van der Waals surface area contributed by atoms with E-state index >= 15 is 0 Å². The largest absolute Gasteiger partial charge is 0.309 e. The van der Waals surface area contributed by atoms with Crippen LogP contribution in [-0.2, 0) is 0 Å². The van der Waals surface area contributed by atoms with Crippen LogP contribution < -0.4 is 0 Å². The number of hydrogen-bond acceptors (Lipinski definition) is 2. The van der Waals surface area contributed by atoms with E-state index in [1.54, 1.807) is 18.2 Å². The summed E-state index contributed by atoms with van der Waals surface area (Å²) in [7, 11) is 0. The van der Waals surface area contributed by atoms with Crippen molar-refractivity contribution in [3.05, 3.63) is 188 Å². The first kappa shape index (κ1) is 21.3. The quantitative estimate of drug-likeness (QED) is 0.185. The van der Waals surface area contributed by atoms with E-state index in [-0.39, 0.29) is 40.2 Å². The number of benzene rings is 9. The lowest BCUT2D eigenvalue weighted by Gasteiger charge is -2.16. The first-order valence-electron chi connectivity index (χ1n) is 22.3. The van der Waals surface area contributed by atoms with Gasteiger partial charge in [0.05, 0.1) is 41.6 Å². The van der Waals surface area contributed by atoms with Crippen molar-refractivity contribution in [3.63, 3.8) is 0 Å². The molecule has 3 heteroatoms. The number of aromatic nitrogens is 3. The van der Waals surface area contributed by atoms with Crippen LogP contribution in [0.2, 0.25) is 0 Å². The first-order chi connectivity index (χ1) is 30.4. The Hall–Kier alpha value is -7.10. The van der Waals surface area contributed by atoms with Crippen molar-refractivity contribution >= 4 is 65.0 Å². The first-order valence-corrected chi connectivity index (χ1v) is 17.3. The van der Waals surface area contributed by atoms with Gasteiger partial charge in [0.2, 0.25) is 0 Å². The second-order valence-corrected chi connectivity index (χ2v) is 13.0. The Kier molecular flexibility index (Phi) is 4.71. The van der Waals surface area contributed by atoms with Crippen LogP contribution in [0, 0.1) is 0 Å². The van der Waals surface area contributed by atoms with Crippen molar-refractivity contribution in [2.24, 2.45) is 0 Å². The maximum atomic E-state index is 8.95. The summed E-state index contributed by atoms with van der Waals surface area (Å²) in [6.45, 7) is 0. The molecule has 0 aliphatic rings. The van der Waals surface area contributed by atoms with E-state index in [0.29, 0.717) is 16.5 Å². The molecule has 11 rings (SSSR count). The Labute approximate surface area is 320 Å². The molecule has 0 saturated carbocycles. The molecule has 0 amide bonds. The fourth-order valence-electron chi connectivity index (χ4n) is 7.76. The molecule has 11 aromatic rings. The van der Waals surface area contributed by atoms with E-state index < -0.39 is 48.3 Å². The zero-order valence-corrected chi connectivity index (χ0v) is 28.0. The minimum absolute atomic E-state index is 0.0195. The Morgan fingerprint density at radius 1 is 0.434 bits per heavy atom. The highest BCUT2D eigenvalue weighted by molar-refractivity contribution is 6.24. The van der Waals surface area contributed by atoms with Gasteiger partial charge in [-0.2, -0.15) is 0 Å². The SMILES string of the molecule is [2H]c1c([2H])c([2H])c(-c2ccc3c(-c4c([2H])c([2H])c([2H])c([2H])c4[2H])nc(-c4ccc(-n5c6cc7ccccc7cc6c6c7ccccc7ccc65)c5ccccc45)nc3c2)c([2H])c1[2H]. The Morgan fingerprint density at radius 3 is 1.91 bits per heavy atom. The molecule has 0 unspecified atom stereocenters. The van der Waals surface area contributed by atoms with E-state index in [0.717, 1.165) is 59.8 Å². The predicted octanol–water partition coefficient (Wildman–Crippen LogP) is 13.2. The molecule has 9 aromatic carbocycles. The van der Waals surface area contributed by atoms with Crippen LogP contribution in [0.5, 0.6) is 0 Å². The van der Waals surface area contributed by atoms with Crippen molar-refractivity contribution in [2.75, 3.05) is 0 Å². The van der Waals surface area contributed by atoms with Crippen LogP contribution in [0.25, 0.3) is 104 Å². The van der Waals surface area contributed by atoms with Crippen molar-refractivity contribution in [1.29, 1.82) is 0 Å². The molecule has 0 aliphatic carbocycles. The molecule has 0 aliphatic heterocycles. The Morgan fingerprint density at radius 2 is 1.11 bits per heavy atom. The summed E-state index contributed by atoms with van der Waals surface area (Å²) < 4.78 is 87.7. The highest BCUT2D eigenvalue weighted by Gasteiger charge is 2.20. The fourth-order valence-corrected chi connectivity index (χ4v) is 7.76. The molecule has 0 bridgehead atoms. The lowest BCUT2D eigenvalue weighted by molar-refractivity contribution is 1.19. The van der Waals surface area contributed by atoms with Crippen LogP contribution in [0.3, 0.4) is 0 Å². The van der Waals surface area contributed by atoms with Crippen molar-refractivity contribution in [2.45, 2.75) is 0 Å². The second-order valence-electron chi connectivity index (χ2n) is 13.0. The van der Waals surface area contributed by atoms with E-state index in [4.69, 9.17) is 23.7 Å². The molecule has 0 fully saturated rings. The molecule has 0 radical (unpaired) electrons. The zero-order chi connectivity index (χ0) is 43.6. The topological polar surface area (TPSA) is 30.7 Å². The van der Waals surface area contributed by atoms with Gasteiger partial charge in [0.25, 0.3) is 0 Å². The smallest absolute Gasteiger partial charge is 0.161 e. The van der Waals surface area contributed by atoms with Gasteiger partial charge in [-0.05, 0) is 80.5 Å². The van der Waals surface area contributed by atoms with Gasteiger partial charge in [-0.3, -0.25) is 0 Å². The van der Waals surface area contributed by atoms with Crippen molar-refractivity contribution < 1.29 is 13.7 Å². The zero-order valence-electron chi connectivity index (χ0n) is 38.0. The molecule has 2 heterocycles. The lowest BCUT2D eigenvalue weighted by atomic mass is 9.99. The molecule has 3 nitrogen and oxygen atoms in total. The lowest BCUT2D eigenvalue weighted by Crippen LogP contribution is -1.99. The molecule has 0 spiro atoms. The summed E-state index contributed by atoms with van der Waals surface area (Å²) >= 11 is 0. The number of hydrogen-bond donors (Lipinski definition) is 0. The summed E-state index contributed by atoms with van der Waals surface area (Å²) in [5.74, 6) is 0.199. The highest BCUT2D eigenvalue weighted by atomic mass is 15.0. The molecule has 0 atom stereocenters. The van der Waals surface area contributed by atoms with Crippen LogP contribution in [-0.4, -0.2) is 14.5 Å². The van der Waals surface area contributed by atoms with Crippen molar-refractivity contribution in [1.82, 2.24) is 14.5 Å². The van der Waals surface area contributed by atoms with Gasteiger partial charge < -0.3 is 4.57 Å². The Balaban J connectivity index is 1.21. The fraction of sp³-hybridized carbons (Fsp3) is 0. The number of fused-ring (bicyclic) bond motifs is 8. The summed E-state index contributed by atoms with van der Waals surface area (Å²) in [5, 5.41) is 8.79. The third-order valence-corrected chi connectivity index (χ3v) is 10.1. The van der Waals surface area contributed by atoms with Crippen LogP contribution >= 0.6 is 0 Å². The minimum atomic E-state index is -0.538. The minimum Gasteiger partial charge on any atom is -0.309 e. The average molecular weight is 684 g/mol. The molecule has 0 N–H and O–H groups in total. The molecule has 53 heavy (non-hydrogen) atoms. The third-order valence-electron chi connectivity index (χ3n) is 10.1. The van der Waals surface area contributed by atoms with Gasteiger partial charge in [-0.25, -0.2) is 9.97 Å². The van der Waals surface area contributed by atoms with E-state index in [1.165, 1.54) is 0 Å². The predicted molar refractivity (Wildman–Crippen MR) is 223 cm³/mol. The molecule has 246 valence electrons. The van der Waals surface area contributed by atoms with Crippen LogP contribution in [0.1, 0.15) is 13.7 Å². The summed E-state index contributed by atoms with van der Waals surface area (Å²) in [6, 6.07) is 37.5. The summed E-state index contributed by atoms with van der Waals surface area (Å²) in [6.07, 6.45) is 0.